The number of pyridine rings is 1. The minimum absolute atomic E-state index is 0.120. The largest absolute Gasteiger partial charge is 0.462 e. The molecule has 29 heavy (non-hydrogen) atoms. The summed E-state index contributed by atoms with van der Waals surface area (Å²) in [6.07, 6.45) is 1.50. The van der Waals surface area contributed by atoms with E-state index in [0.29, 0.717) is 24.3 Å². The van der Waals surface area contributed by atoms with E-state index in [4.69, 9.17) is 4.74 Å². The average molecular weight is 420 g/mol. The van der Waals surface area contributed by atoms with Crippen molar-refractivity contribution in [3.8, 4) is 0 Å². The molecule has 0 radical (unpaired) electrons. The molecule has 1 saturated heterocycles. The van der Waals surface area contributed by atoms with Gasteiger partial charge in [0.1, 0.15) is 11.3 Å². The minimum atomic E-state index is -0.725. The van der Waals surface area contributed by atoms with Crippen LogP contribution in [0.4, 0.5) is 11.4 Å². The summed E-state index contributed by atoms with van der Waals surface area (Å²) in [5.41, 5.74) is -0.187. The Kier molecular flexibility index (Phi) is 5.88. The van der Waals surface area contributed by atoms with Gasteiger partial charge in [0, 0.05) is 42.4 Å². The molecule has 0 aliphatic carbocycles. The molecule has 8 nitrogen and oxygen atoms in total. The fraction of sp³-hybridized carbons (Fsp3) is 0.500. The van der Waals surface area contributed by atoms with E-state index in [-0.39, 0.29) is 23.2 Å². The van der Waals surface area contributed by atoms with Crippen LogP contribution in [-0.4, -0.2) is 46.7 Å². The molecule has 0 spiro atoms. The molecule has 2 aromatic rings. The summed E-state index contributed by atoms with van der Waals surface area (Å²) in [7, 11) is 0. The summed E-state index contributed by atoms with van der Waals surface area (Å²) >= 11 is 1.81. The second-order valence-corrected chi connectivity index (χ2v) is 9.07. The van der Waals surface area contributed by atoms with Crippen LogP contribution in [0.2, 0.25) is 0 Å². The molecule has 1 aliphatic rings. The van der Waals surface area contributed by atoms with Crippen molar-refractivity contribution in [1.29, 1.82) is 0 Å². The lowest BCUT2D eigenvalue weighted by Crippen LogP contribution is -2.33. The number of nitro groups is 1. The molecule has 1 aliphatic heterocycles. The number of benzene rings is 1. The van der Waals surface area contributed by atoms with Crippen molar-refractivity contribution in [2.75, 3.05) is 36.1 Å². The topological polar surface area (TPSA) is 94.7 Å². The van der Waals surface area contributed by atoms with Crippen molar-refractivity contribution in [3.63, 3.8) is 0 Å². The van der Waals surface area contributed by atoms with Gasteiger partial charge in [-0.15, -0.1) is 0 Å². The highest BCUT2D eigenvalue weighted by molar-refractivity contribution is 7.99. The molecule has 1 aromatic heterocycles. The first-order valence-corrected chi connectivity index (χ1v) is 10.7. The first-order valence-electron chi connectivity index (χ1n) is 9.53. The lowest BCUT2D eigenvalue weighted by Gasteiger charge is -2.30. The zero-order chi connectivity index (χ0) is 21.3. The Hall–Kier alpha value is -2.55. The van der Waals surface area contributed by atoms with Gasteiger partial charge in [-0.25, -0.2) is 4.79 Å². The van der Waals surface area contributed by atoms with Crippen LogP contribution in [0.5, 0.6) is 0 Å². The zero-order valence-corrected chi connectivity index (χ0v) is 17.9. The third kappa shape index (κ3) is 4.10. The summed E-state index contributed by atoms with van der Waals surface area (Å²) in [5, 5.41) is 11.9. The lowest BCUT2D eigenvalue weighted by molar-refractivity contribution is -0.384. The first kappa shape index (κ1) is 21.2. The van der Waals surface area contributed by atoms with E-state index < -0.39 is 21.9 Å². The van der Waals surface area contributed by atoms with Gasteiger partial charge in [0.05, 0.1) is 22.4 Å². The number of nitrogens with zero attached hydrogens (tertiary/aromatic N) is 3. The molecule has 2 heterocycles. The van der Waals surface area contributed by atoms with Gasteiger partial charge in [-0.05, 0) is 33.8 Å². The van der Waals surface area contributed by atoms with Gasteiger partial charge in [0.2, 0.25) is 5.43 Å². The van der Waals surface area contributed by atoms with Crippen molar-refractivity contribution in [3.05, 3.63) is 44.2 Å². The van der Waals surface area contributed by atoms with E-state index in [1.165, 1.54) is 12.3 Å². The second kappa shape index (κ2) is 8.06. The van der Waals surface area contributed by atoms with E-state index in [9.17, 15) is 19.7 Å². The van der Waals surface area contributed by atoms with E-state index in [0.717, 1.165) is 11.5 Å². The number of hydrogen-bond acceptors (Lipinski definition) is 7. The van der Waals surface area contributed by atoms with Crippen LogP contribution in [0.25, 0.3) is 10.9 Å². The highest BCUT2D eigenvalue weighted by atomic mass is 32.2. The average Bonchev–Trinajstić information content (AvgIpc) is 2.67. The van der Waals surface area contributed by atoms with E-state index in [1.807, 2.05) is 42.0 Å². The maximum atomic E-state index is 13.0. The number of aromatic nitrogens is 1. The SMILES string of the molecule is CCOC(=O)c1cn(C(C)(C)C)c2cc(N3CCSCC3)c([N+](=O)[O-])cc2c1=O. The molecular formula is C20H25N3O5S. The second-order valence-electron chi connectivity index (χ2n) is 7.85. The quantitative estimate of drug-likeness (QED) is 0.426. The predicted octanol–water partition coefficient (Wildman–Crippen LogP) is 3.39. The standard InChI is InChI=1S/C20H25N3O5S/c1-5-28-19(25)14-12-22(20(2,3)4)15-11-16(21-6-8-29-9-7-21)17(23(26)27)10-13(15)18(14)24/h10-12H,5-9H2,1-4H3. The van der Waals surface area contributed by atoms with Gasteiger partial charge >= 0.3 is 5.97 Å². The summed E-state index contributed by atoms with van der Waals surface area (Å²) in [6.45, 7) is 9.06. The molecule has 9 heteroatoms. The molecular weight excluding hydrogens is 394 g/mol. The molecule has 156 valence electrons. The number of rotatable bonds is 4. The number of ether oxygens (including phenoxy) is 1. The molecule has 0 amide bonds. The third-order valence-corrected chi connectivity index (χ3v) is 5.81. The number of carbonyl (C=O) groups excluding carboxylic acids is 1. The highest BCUT2D eigenvalue weighted by Gasteiger charge is 2.28. The van der Waals surface area contributed by atoms with Crippen LogP contribution < -0.4 is 10.3 Å². The Morgan fingerprint density at radius 1 is 1.28 bits per heavy atom. The molecule has 0 unspecified atom stereocenters. The van der Waals surface area contributed by atoms with Crippen LogP contribution in [-0.2, 0) is 10.3 Å². The molecule has 0 saturated carbocycles. The zero-order valence-electron chi connectivity index (χ0n) is 17.1. The molecule has 1 aromatic carbocycles. The number of thioether (sulfide) groups is 1. The molecule has 0 atom stereocenters. The van der Waals surface area contributed by atoms with Crippen LogP contribution >= 0.6 is 11.8 Å². The van der Waals surface area contributed by atoms with Gasteiger partial charge in [0.25, 0.3) is 5.69 Å². The Morgan fingerprint density at radius 2 is 1.93 bits per heavy atom. The smallest absolute Gasteiger partial charge is 0.343 e. The third-order valence-electron chi connectivity index (χ3n) is 4.87. The fourth-order valence-electron chi connectivity index (χ4n) is 3.46. The summed E-state index contributed by atoms with van der Waals surface area (Å²) in [6, 6.07) is 3.02. The summed E-state index contributed by atoms with van der Waals surface area (Å²) in [5.74, 6) is 1.06. The normalized spacial score (nSPS) is 14.8. The van der Waals surface area contributed by atoms with Crippen molar-refractivity contribution in [2.24, 2.45) is 0 Å². The van der Waals surface area contributed by atoms with Gasteiger partial charge in [-0.2, -0.15) is 11.8 Å². The monoisotopic (exact) mass is 419 g/mol. The maximum absolute atomic E-state index is 13.0. The maximum Gasteiger partial charge on any atom is 0.343 e. The van der Waals surface area contributed by atoms with Crippen LogP contribution in [0.1, 0.15) is 38.1 Å². The Labute approximate surface area is 173 Å². The van der Waals surface area contributed by atoms with E-state index >= 15 is 0 Å². The number of hydrogen-bond donors (Lipinski definition) is 0. The fourth-order valence-corrected chi connectivity index (χ4v) is 4.37. The van der Waals surface area contributed by atoms with Gasteiger partial charge in [0.15, 0.2) is 0 Å². The van der Waals surface area contributed by atoms with Crippen LogP contribution in [0.3, 0.4) is 0 Å². The van der Waals surface area contributed by atoms with Gasteiger partial charge in [-0.3, -0.25) is 14.9 Å². The van der Waals surface area contributed by atoms with Crippen LogP contribution in [0.15, 0.2) is 23.1 Å². The summed E-state index contributed by atoms with van der Waals surface area (Å²) in [4.78, 5) is 38.7. The Morgan fingerprint density at radius 3 is 2.48 bits per heavy atom. The number of anilines is 1. The van der Waals surface area contributed by atoms with Crippen LogP contribution in [0, 0.1) is 10.1 Å². The molecule has 3 rings (SSSR count). The molecule has 0 N–H and O–H groups in total. The van der Waals surface area contributed by atoms with E-state index in [1.54, 1.807) is 13.0 Å². The summed E-state index contributed by atoms with van der Waals surface area (Å²) < 4.78 is 6.85. The molecule has 0 bridgehead atoms. The van der Waals surface area contributed by atoms with Crippen molar-refractivity contribution >= 4 is 40.0 Å². The van der Waals surface area contributed by atoms with Crippen molar-refractivity contribution in [2.45, 2.75) is 33.2 Å². The first-order chi connectivity index (χ1) is 13.6. The number of fused-ring (bicyclic) bond motifs is 1. The Balaban J connectivity index is 2.36. The highest BCUT2D eigenvalue weighted by Crippen LogP contribution is 2.35. The Bertz CT molecular complexity index is 1020. The van der Waals surface area contributed by atoms with Gasteiger partial charge in [-0.1, -0.05) is 0 Å². The number of carbonyl (C=O) groups is 1. The van der Waals surface area contributed by atoms with Gasteiger partial charge < -0.3 is 14.2 Å². The molecule has 1 fully saturated rings. The van der Waals surface area contributed by atoms with Crippen molar-refractivity contribution in [1.82, 2.24) is 4.57 Å². The van der Waals surface area contributed by atoms with E-state index in [2.05, 4.69) is 0 Å². The lowest BCUT2D eigenvalue weighted by atomic mass is 10.0. The number of nitro benzene ring substituents is 1. The van der Waals surface area contributed by atoms with Crippen molar-refractivity contribution < 1.29 is 14.5 Å². The predicted molar refractivity (Wildman–Crippen MR) is 115 cm³/mol. The minimum Gasteiger partial charge on any atom is -0.462 e. The number of esters is 1.